The van der Waals surface area contributed by atoms with Crippen molar-refractivity contribution >= 4 is 5.91 Å². The minimum Gasteiger partial charge on any atom is -0.351 e. The maximum absolute atomic E-state index is 11.8. The predicted octanol–water partition coefficient (Wildman–Crippen LogP) is 0.547. The zero-order chi connectivity index (χ0) is 10.7. The van der Waals surface area contributed by atoms with Gasteiger partial charge in [-0.3, -0.25) is 4.79 Å². The van der Waals surface area contributed by atoms with Gasteiger partial charge < -0.3 is 10.6 Å². The highest BCUT2D eigenvalue weighted by Gasteiger charge is 2.31. The van der Waals surface area contributed by atoms with E-state index in [-0.39, 0.29) is 23.9 Å². The molecule has 1 aliphatic carbocycles. The van der Waals surface area contributed by atoms with E-state index >= 15 is 0 Å². The molecule has 2 unspecified atom stereocenters. The number of nitriles is 1. The Morgan fingerprint density at radius 3 is 2.87 bits per heavy atom. The summed E-state index contributed by atoms with van der Waals surface area (Å²) in [5.41, 5.74) is 0. The lowest BCUT2D eigenvalue weighted by atomic mass is 10.1. The molecule has 1 amide bonds. The van der Waals surface area contributed by atoms with Crippen molar-refractivity contribution in [1.82, 2.24) is 10.6 Å². The van der Waals surface area contributed by atoms with E-state index < -0.39 is 0 Å². The third kappa shape index (κ3) is 2.29. The molecule has 2 fully saturated rings. The van der Waals surface area contributed by atoms with Crippen molar-refractivity contribution in [2.24, 2.45) is 5.92 Å². The van der Waals surface area contributed by atoms with Gasteiger partial charge in [0.2, 0.25) is 5.91 Å². The lowest BCUT2D eigenvalue weighted by molar-refractivity contribution is -0.123. The van der Waals surface area contributed by atoms with E-state index in [9.17, 15) is 4.79 Å². The monoisotopic (exact) mass is 207 g/mol. The molecule has 4 heteroatoms. The van der Waals surface area contributed by atoms with Crippen LogP contribution in [0, 0.1) is 17.2 Å². The number of rotatable bonds is 2. The summed E-state index contributed by atoms with van der Waals surface area (Å²) in [6.45, 7) is 0.935. The second-order valence-electron chi connectivity index (χ2n) is 4.43. The molecular formula is C11H17N3O. The lowest BCUT2D eigenvalue weighted by Crippen LogP contribution is -2.46. The molecule has 0 aromatic rings. The highest BCUT2D eigenvalue weighted by Crippen LogP contribution is 2.25. The Morgan fingerprint density at radius 1 is 1.33 bits per heavy atom. The second-order valence-corrected chi connectivity index (χ2v) is 4.43. The summed E-state index contributed by atoms with van der Waals surface area (Å²) >= 11 is 0. The van der Waals surface area contributed by atoms with Crippen LogP contribution in [0.3, 0.4) is 0 Å². The van der Waals surface area contributed by atoms with Crippen molar-refractivity contribution in [3.05, 3.63) is 0 Å². The summed E-state index contributed by atoms with van der Waals surface area (Å²) in [6, 6.07) is 2.34. The summed E-state index contributed by atoms with van der Waals surface area (Å²) in [4.78, 5) is 11.8. The number of carbonyl (C=O) groups is 1. The topological polar surface area (TPSA) is 64.9 Å². The van der Waals surface area contributed by atoms with Gasteiger partial charge in [0.15, 0.2) is 0 Å². The first kappa shape index (κ1) is 10.4. The van der Waals surface area contributed by atoms with Crippen LogP contribution in [-0.2, 0) is 4.79 Å². The third-order valence-corrected chi connectivity index (χ3v) is 3.39. The molecule has 2 rings (SSSR count). The Morgan fingerprint density at radius 2 is 2.20 bits per heavy atom. The van der Waals surface area contributed by atoms with E-state index in [4.69, 9.17) is 5.26 Å². The van der Waals surface area contributed by atoms with Crippen molar-refractivity contribution in [3.8, 4) is 6.07 Å². The maximum Gasteiger partial charge on any atom is 0.237 e. The summed E-state index contributed by atoms with van der Waals surface area (Å²) < 4.78 is 0. The smallest absolute Gasteiger partial charge is 0.237 e. The van der Waals surface area contributed by atoms with Gasteiger partial charge in [-0.15, -0.1) is 0 Å². The third-order valence-electron chi connectivity index (χ3n) is 3.39. The van der Waals surface area contributed by atoms with Gasteiger partial charge in [-0.05, 0) is 38.6 Å². The molecule has 3 atom stereocenters. The van der Waals surface area contributed by atoms with Crippen LogP contribution in [0.4, 0.5) is 0 Å². The lowest BCUT2D eigenvalue weighted by Gasteiger charge is -2.18. The van der Waals surface area contributed by atoms with Gasteiger partial charge in [0.1, 0.15) is 0 Å². The molecule has 15 heavy (non-hydrogen) atoms. The van der Waals surface area contributed by atoms with Crippen LogP contribution < -0.4 is 10.6 Å². The minimum absolute atomic E-state index is 0.0232. The molecule has 0 aromatic carbocycles. The first-order valence-electron chi connectivity index (χ1n) is 5.74. The summed E-state index contributed by atoms with van der Waals surface area (Å²) in [5, 5.41) is 15.1. The fourth-order valence-electron chi connectivity index (χ4n) is 2.48. The van der Waals surface area contributed by atoms with Gasteiger partial charge in [0.25, 0.3) is 0 Å². The molecule has 4 nitrogen and oxygen atoms in total. The maximum atomic E-state index is 11.8. The van der Waals surface area contributed by atoms with Gasteiger partial charge in [0.05, 0.1) is 18.0 Å². The van der Waals surface area contributed by atoms with Gasteiger partial charge >= 0.3 is 0 Å². The van der Waals surface area contributed by atoms with Crippen molar-refractivity contribution < 1.29 is 4.79 Å². The molecule has 1 saturated heterocycles. The molecule has 1 aliphatic heterocycles. The number of hydrogen-bond acceptors (Lipinski definition) is 3. The van der Waals surface area contributed by atoms with Gasteiger partial charge in [-0.25, -0.2) is 0 Å². The van der Waals surface area contributed by atoms with E-state index in [0.29, 0.717) is 0 Å². The summed E-state index contributed by atoms with van der Waals surface area (Å²) in [7, 11) is 0. The van der Waals surface area contributed by atoms with E-state index in [2.05, 4.69) is 16.7 Å². The Bertz CT molecular complexity index is 278. The molecule has 82 valence electrons. The molecule has 0 spiro atoms. The zero-order valence-corrected chi connectivity index (χ0v) is 8.83. The van der Waals surface area contributed by atoms with Crippen molar-refractivity contribution in [1.29, 1.82) is 5.26 Å². The van der Waals surface area contributed by atoms with E-state index in [1.54, 1.807) is 0 Å². The number of carbonyl (C=O) groups excluding carboxylic acids is 1. The Balaban J connectivity index is 1.85. The van der Waals surface area contributed by atoms with Crippen LogP contribution in [0.2, 0.25) is 0 Å². The van der Waals surface area contributed by atoms with Gasteiger partial charge in [-0.1, -0.05) is 0 Å². The first-order chi connectivity index (χ1) is 7.31. The van der Waals surface area contributed by atoms with Crippen molar-refractivity contribution in [2.45, 2.75) is 44.2 Å². The first-order valence-corrected chi connectivity index (χ1v) is 5.74. The van der Waals surface area contributed by atoms with Crippen LogP contribution in [0.15, 0.2) is 0 Å². The van der Waals surface area contributed by atoms with E-state index in [1.165, 1.54) is 0 Å². The van der Waals surface area contributed by atoms with Crippen LogP contribution in [-0.4, -0.2) is 24.5 Å². The highest BCUT2D eigenvalue weighted by atomic mass is 16.2. The average molecular weight is 207 g/mol. The largest absolute Gasteiger partial charge is 0.351 e. The molecule has 0 bridgehead atoms. The Hall–Kier alpha value is -1.08. The number of amides is 1. The predicted molar refractivity (Wildman–Crippen MR) is 55.9 cm³/mol. The standard InChI is InChI=1S/C11H17N3O/c12-7-8-3-1-4-9(8)14-11(15)10-5-2-6-13-10/h8-10,13H,1-6H2,(H,14,15)/t8?,9?,10-/m0/s1. The van der Waals surface area contributed by atoms with E-state index in [0.717, 1.165) is 38.6 Å². The number of hydrogen-bond donors (Lipinski definition) is 2. The summed E-state index contributed by atoms with van der Waals surface area (Å²) in [5.74, 6) is 0.106. The normalized spacial score (nSPS) is 35.0. The fraction of sp³-hybridized carbons (Fsp3) is 0.818. The number of nitrogens with one attached hydrogen (secondary N) is 2. The Kier molecular flexibility index (Phi) is 3.22. The Labute approximate surface area is 90.0 Å². The van der Waals surface area contributed by atoms with Crippen LogP contribution in [0.1, 0.15) is 32.1 Å². The second kappa shape index (κ2) is 4.63. The van der Waals surface area contributed by atoms with Gasteiger partial charge in [-0.2, -0.15) is 5.26 Å². The molecule has 1 heterocycles. The van der Waals surface area contributed by atoms with Gasteiger partial charge in [0, 0.05) is 6.04 Å². The molecule has 0 aromatic heterocycles. The van der Waals surface area contributed by atoms with E-state index in [1.807, 2.05) is 0 Å². The van der Waals surface area contributed by atoms with Crippen molar-refractivity contribution in [3.63, 3.8) is 0 Å². The summed E-state index contributed by atoms with van der Waals surface area (Å²) in [6.07, 6.45) is 4.94. The zero-order valence-electron chi connectivity index (χ0n) is 8.83. The highest BCUT2D eigenvalue weighted by molar-refractivity contribution is 5.82. The van der Waals surface area contributed by atoms with Crippen LogP contribution in [0.25, 0.3) is 0 Å². The number of nitrogens with zero attached hydrogens (tertiary/aromatic N) is 1. The van der Waals surface area contributed by atoms with Crippen LogP contribution >= 0.6 is 0 Å². The quantitative estimate of drug-likeness (QED) is 0.695. The fourth-order valence-corrected chi connectivity index (χ4v) is 2.48. The molecule has 0 radical (unpaired) electrons. The molecule has 2 aliphatic rings. The average Bonchev–Trinajstić information content (AvgIpc) is 2.87. The SMILES string of the molecule is N#CC1CCCC1NC(=O)[C@@H]1CCCN1. The van der Waals surface area contributed by atoms with Crippen LogP contribution in [0.5, 0.6) is 0 Å². The molecule has 2 N–H and O–H groups in total. The minimum atomic E-state index is -0.0232. The molecule has 1 saturated carbocycles. The van der Waals surface area contributed by atoms with Crippen molar-refractivity contribution in [2.75, 3.05) is 6.54 Å². The molecular weight excluding hydrogens is 190 g/mol.